The van der Waals surface area contributed by atoms with Crippen LogP contribution in [0.15, 0.2) is 78.5 Å². The zero-order valence-electron chi connectivity index (χ0n) is 30.8. The summed E-state index contributed by atoms with van der Waals surface area (Å²) < 4.78 is 43.8. The van der Waals surface area contributed by atoms with Gasteiger partial charge in [0.15, 0.2) is 9.84 Å². The van der Waals surface area contributed by atoms with Gasteiger partial charge >= 0.3 is 0 Å². The molecule has 0 radical (unpaired) electrons. The maximum Gasteiger partial charge on any atom is 0.243 e. The molecule has 2 aliphatic carbocycles. The molecule has 2 saturated heterocycles. The van der Waals surface area contributed by atoms with E-state index in [2.05, 4.69) is 50.4 Å². The van der Waals surface area contributed by atoms with E-state index in [9.17, 15) is 13.2 Å². The molecule has 2 aromatic carbocycles. The quantitative estimate of drug-likeness (QED) is 0.192. The van der Waals surface area contributed by atoms with Crippen molar-refractivity contribution in [3.05, 3.63) is 90.8 Å². The number of nitrogens with one attached hydrogen (secondary N) is 1. The van der Waals surface area contributed by atoms with Crippen molar-refractivity contribution < 1.29 is 17.6 Å². The summed E-state index contributed by atoms with van der Waals surface area (Å²) in [5, 5.41) is 3.05. The SMILES string of the molecule is C=CC(=O)N[C@H]1CCC[C@@H]1[C@](Cn1ccnc1CC)(c1cccc(F)c1)C1CCN(CC2CN(c3ccc(S(=O)(=O)C4CCCCC4)cc3)C2)CC1. The zero-order chi connectivity index (χ0) is 36.3. The second-order valence-electron chi connectivity index (χ2n) is 15.9. The van der Waals surface area contributed by atoms with E-state index in [1.807, 2.05) is 36.5 Å². The third kappa shape index (κ3) is 7.47. The number of hydrogen-bond donors (Lipinski definition) is 1. The molecule has 8 nitrogen and oxygen atoms in total. The molecule has 3 aromatic rings. The minimum Gasteiger partial charge on any atom is -0.371 e. The first-order valence-corrected chi connectivity index (χ1v) is 21.3. The van der Waals surface area contributed by atoms with Crippen LogP contribution in [0, 0.1) is 23.6 Å². The molecule has 280 valence electrons. The highest BCUT2D eigenvalue weighted by Crippen LogP contribution is 2.52. The van der Waals surface area contributed by atoms with Crippen molar-refractivity contribution in [2.45, 2.75) is 106 Å². The smallest absolute Gasteiger partial charge is 0.243 e. The maximum absolute atomic E-state index is 15.2. The number of rotatable bonds is 13. The lowest BCUT2D eigenvalue weighted by Crippen LogP contribution is -2.56. The highest BCUT2D eigenvalue weighted by atomic mass is 32.2. The molecular weight excluding hydrogens is 674 g/mol. The Morgan fingerprint density at radius 1 is 1.00 bits per heavy atom. The molecule has 1 N–H and O–H groups in total. The predicted octanol–water partition coefficient (Wildman–Crippen LogP) is 6.95. The number of piperidine rings is 1. The van der Waals surface area contributed by atoms with Gasteiger partial charge in [0, 0.05) is 68.1 Å². The van der Waals surface area contributed by atoms with E-state index >= 15 is 4.39 Å². The van der Waals surface area contributed by atoms with Crippen LogP contribution in [0.1, 0.15) is 82.5 Å². The number of aryl methyl sites for hydroxylation is 1. The first-order chi connectivity index (χ1) is 25.2. The fraction of sp³-hybridized carbons (Fsp3) is 0.571. The fourth-order valence-corrected chi connectivity index (χ4v) is 12.1. The number of benzene rings is 2. The van der Waals surface area contributed by atoms with Crippen LogP contribution in [0.4, 0.5) is 10.1 Å². The number of aromatic nitrogens is 2. The summed E-state index contributed by atoms with van der Waals surface area (Å²) in [5.74, 6) is 1.66. The number of hydrogen-bond acceptors (Lipinski definition) is 6. The summed E-state index contributed by atoms with van der Waals surface area (Å²) in [6.07, 6.45) is 15.7. The Balaban J connectivity index is 1.05. The first kappa shape index (κ1) is 36.8. The van der Waals surface area contributed by atoms with Gasteiger partial charge in [0.2, 0.25) is 5.91 Å². The van der Waals surface area contributed by atoms with Gasteiger partial charge in [-0.2, -0.15) is 0 Å². The van der Waals surface area contributed by atoms with E-state index in [4.69, 9.17) is 0 Å². The van der Waals surface area contributed by atoms with Crippen molar-refractivity contribution in [2.75, 3.05) is 37.6 Å². The van der Waals surface area contributed by atoms with Crippen LogP contribution in [-0.2, 0) is 33.0 Å². The lowest BCUT2D eigenvalue weighted by molar-refractivity contribution is -0.117. The Kier molecular flexibility index (Phi) is 11.2. The third-order valence-corrected chi connectivity index (χ3v) is 15.2. The van der Waals surface area contributed by atoms with E-state index in [0.717, 1.165) is 120 Å². The second kappa shape index (κ2) is 15.8. The molecule has 4 aliphatic rings. The van der Waals surface area contributed by atoms with Gasteiger partial charge in [-0.25, -0.2) is 17.8 Å². The van der Waals surface area contributed by atoms with Crippen molar-refractivity contribution >= 4 is 21.4 Å². The average Bonchev–Trinajstić information content (AvgIpc) is 3.82. The summed E-state index contributed by atoms with van der Waals surface area (Å²) in [7, 11) is -3.26. The Morgan fingerprint density at radius 3 is 2.44 bits per heavy atom. The van der Waals surface area contributed by atoms with Gasteiger partial charge in [-0.1, -0.05) is 51.3 Å². The molecule has 52 heavy (non-hydrogen) atoms. The summed E-state index contributed by atoms with van der Waals surface area (Å²) in [6.45, 7) is 11.5. The molecule has 4 fully saturated rings. The Labute approximate surface area is 309 Å². The number of amides is 1. The largest absolute Gasteiger partial charge is 0.371 e. The third-order valence-electron chi connectivity index (χ3n) is 12.9. The van der Waals surface area contributed by atoms with E-state index in [0.29, 0.717) is 23.3 Å². The minimum atomic E-state index is -3.26. The van der Waals surface area contributed by atoms with Crippen LogP contribution in [0.5, 0.6) is 0 Å². The highest BCUT2D eigenvalue weighted by Gasteiger charge is 2.52. The Bertz CT molecular complexity index is 1790. The lowest BCUT2D eigenvalue weighted by atomic mass is 9.58. The molecule has 3 heterocycles. The lowest BCUT2D eigenvalue weighted by Gasteiger charge is -2.51. The van der Waals surface area contributed by atoms with Crippen molar-refractivity contribution in [1.82, 2.24) is 19.8 Å². The van der Waals surface area contributed by atoms with Crippen LogP contribution in [-0.4, -0.2) is 72.8 Å². The number of imidazole rings is 1. The Hall–Kier alpha value is -3.50. The van der Waals surface area contributed by atoms with Gasteiger partial charge in [0.05, 0.1) is 10.1 Å². The van der Waals surface area contributed by atoms with Crippen LogP contribution in [0.25, 0.3) is 0 Å². The molecule has 2 aliphatic heterocycles. The van der Waals surface area contributed by atoms with Gasteiger partial charge in [-0.05, 0) is 111 Å². The molecule has 1 aromatic heterocycles. The van der Waals surface area contributed by atoms with Gasteiger partial charge in [-0.3, -0.25) is 4.79 Å². The summed E-state index contributed by atoms with van der Waals surface area (Å²) in [4.78, 5) is 22.8. The topological polar surface area (TPSA) is 87.5 Å². The van der Waals surface area contributed by atoms with E-state index in [-0.39, 0.29) is 28.9 Å². The number of anilines is 1. The zero-order valence-corrected chi connectivity index (χ0v) is 31.6. The molecule has 0 bridgehead atoms. The molecule has 0 spiro atoms. The van der Waals surface area contributed by atoms with Crippen LogP contribution in [0.3, 0.4) is 0 Å². The highest BCUT2D eigenvalue weighted by molar-refractivity contribution is 7.92. The predicted molar refractivity (Wildman–Crippen MR) is 205 cm³/mol. The van der Waals surface area contributed by atoms with Crippen LogP contribution >= 0.6 is 0 Å². The molecule has 10 heteroatoms. The van der Waals surface area contributed by atoms with Gasteiger partial charge in [0.1, 0.15) is 11.6 Å². The number of likely N-dealkylation sites (tertiary alicyclic amines) is 1. The van der Waals surface area contributed by atoms with Crippen LogP contribution in [0.2, 0.25) is 0 Å². The molecule has 7 rings (SSSR count). The summed E-state index contributed by atoms with van der Waals surface area (Å²) in [6, 6.07) is 14.8. The summed E-state index contributed by atoms with van der Waals surface area (Å²) in [5.41, 5.74) is 1.73. The van der Waals surface area contributed by atoms with Gasteiger partial charge < -0.3 is 19.7 Å². The maximum atomic E-state index is 15.2. The number of carbonyl (C=O) groups excluding carboxylic acids is 1. The monoisotopic (exact) mass is 729 g/mol. The molecular formula is C42H56FN5O3S. The second-order valence-corrected chi connectivity index (χ2v) is 18.1. The van der Waals surface area contributed by atoms with Crippen molar-refractivity contribution in [3.8, 4) is 0 Å². The normalized spacial score (nSPS) is 23.6. The molecule has 2 saturated carbocycles. The summed E-state index contributed by atoms with van der Waals surface area (Å²) >= 11 is 0. The van der Waals surface area contributed by atoms with Crippen molar-refractivity contribution in [1.29, 1.82) is 0 Å². The van der Waals surface area contributed by atoms with E-state index in [1.54, 1.807) is 6.07 Å². The van der Waals surface area contributed by atoms with Gasteiger partial charge in [-0.15, -0.1) is 0 Å². The minimum absolute atomic E-state index is 0.0113. The van der Waals surface area contributed by atoms with Gasteiger partial charge in [0.25, 0.3) is 0 Å². The Morgan fingerprint density at radius 2 is 1.75 bits per heavy atom. The molecule has 1 amide bonds. The molecule has 0 unspecified atom stereocenters. The number of sulfone groups is 1. The van der Waals surface area contributed by atoms with E-state index in [1.165, 1.54) is 12.1 Å². The first-order valence-electron chi connectivity index (χ1n) is 19.7. The fourth-order valence-electron chi connectivity index (χ4n) is 10.2. The average molecular weight is 730 g/mol. The number of carbonyl (C=O) groups is 1. The van der Waals surface area contributed by atoms with Crippen molar-refractivity contribution in [3.63, 3.8) is 0 Å². The number of nitrogens with zero attached hydrogens (tertiary/aromatic N) is 4. The molecule has 3 atom stereocenters. The number of halogens is 1. The standard InChI is InChI=1S/C42H56FN5O3S/c1-3-40-44-22-25-47(40)30-42(33-10-8-11-34(43)26-33,38-14-9-15-39(38)45-41(49)4-2)32-20-23-46(24-21-32)27-31-28-48(29-31)35-16-18-37(19-17-35)52(50,51)36-12-6-5-7-13-36/h4,8,10-11,16-19,22,25-26,31-32,36,38-39H,2-3,5-7,9,12-15,20-21,23-24,27-30H2,1H3,(H,45,49)/t38-,39-,42-/m0/s1. The van der Waals surface area contributed by atoms with E-state index < -0.39 is 15.3 Å². The van der Waals surface area contributed by atoms with Crippen molar-refractivity contribution in [2.24, 2.45) is 17.8 Å². The van der Waals surface area contributed by atoms with Crippen LogP contribution < -0.4 is 10.2 Å².